The molecule has 0 unspecified atom stereocenters. The van der Waals surface area contributed by atoms with Gasteiger partial charge in [-0.25, -0.2) is 0 Å². The normalized spacial score (nSPS) is 15.6. The van der Waals surface area contributed by atoms with Gasteiger partial charge in [0.05, 0.1) is 12.0 Å². The molecule has 6 heteroatoms. The van der Waals surface area contributed by atoms with Gasteiger partial charge in [-0.2, -0.15) is 0 Å². The summed E-state index contributed by atoms with van der Waals surface area (Å²) in [6.45, 7) is 2.63. The first-order chi connectivity index (χ1) is 10.7. The molecule has 0 aliphatic carbocycles. The van der Waals surface area contributed by atoms with Gasteiger partial charge in [-0.3, -0.25) is 9.59 Å². The van der Waals surface area contributed by atoms with E-state index in [9.17, 15) is 9.59 Å². The first-order valence-corrected chi connectivity index (χ1v) is 8.34. The second-order valence-corrected chi connectivity index (χ2v) is 6.41. The predicted molar refractivity (Wildman–Crippen MR) is 85.9 cm³/mol. The number of nitrogens with zero attached hydrogens (tertiary/aromatic N) is 2. The summed E-state index contributed by atoms with van der Waals surface area (Å²) in [5, 5.41) is 1.99. The molecule has 0 atom stereocenters. The molecule has 1 aliphatic rings. The second kappa shape index (κ2) is 6.79. The first-order valence-electron chi connectivity index (χ1n) is 7.46. The molecular formula is C16H19N3O2S. The lowest BCUT2D eigenvalue weighted by Crippen LogP contribution is -2.37. The molecule has 1 N–H and O–H groups in total. The van der Waals surface area contributed by atoms with Gasteiger partial charge in [0.15, 0.2) is 0 Å². The summed E-state index contributed by atoms with van der Waals surface area (Å²) in [4.78, 5) is 32.4. The van der Waals surface area contributed by atoms with Crippen molar-refractivity contribution in [2.24, 2.45) is 0 Å². The monoisotopic (exact) mass is 317 g/mol. The zero-order valence-corrected chi connectivity index (χ0v) is 13.1. The maximum Gasteiger partial charge on any atom is 0.255 e. The lowest BCUT2D eigenvalue weighted by atomic mass is 10.3. The Kier molecular flexibility index (Phi) is 4.58. The largest absolute Gasteiger partial charge is 0.367 e. The maximum atomic E-state index is 12.4. The van der Waals surface area contributed by atoms with Crippen LogP contribution >= 0.6 is 11.3 Å². The van der Waals surface area contributed by atoms with Crippen molar-refractivity contribution < 1.29 is 9.59 Å². The maximum absolute atomic E-state index is 12.4. The van der Waals surface area contributed by atoms with Crippen LogP contribution in [0, 0.1) is 0 Å². The van der Waals surface area contributed by atoms with Gasteiger partial charge in [0.2, 0.25) is 5.91 Å². The Balaban J connectivity index is 1.57. The molecule has 0 radical (unpaired) electrons. The van der Waals surface area contributed by atoms with Gasteiger partial charge in [-0.1, -0.05) is 6.07 Å². The third-order valence-electron chi connectivity index (χ3n) is 3.89. The highest BCUT2D eigenvalue weighted by molar-refractivity contribution is 7.10. The number of carbonyl (C=O) groups is 2. The van der Waals surface area contributed by atoms with Crippen molar-refractivity contribution in [1.29, 1.82) is 0 Å². The number of rotatable bonds is 3. The van der Waals surface area contributed by atoms with Gasteiger partial charge in [-0.15, -0.1) is 11.3 Å². The molecule has 1 saturated heterocycles. The summed E-state index contributed by atoms with van der Waals surface area (Å²) < 4.78 is 0. The van der Waals surface area contributed by atoms with E-state index in [1.54, 1.807) is 29.8 Å². The van der Waals surface area contributed by atoms with Gasteiger partial charge >= 0.3 is 0 Å². The Morgan fingerprint density at radius 1 is 1.14 bits per heavy atom. The zero-order chi connectivity index (χ0) is 15.4. The van der Waals surface area contributed by atoms with Crippen molar-refractivity contribution in [3.63, 3.8) is 0 Å². The standard InChI is InChI=1S/C16H19N3O2S/c20-15(11-14-3-1-10-22-14)18-6-2-7-19(9-8-18)16(21)13-4-5-17-12-13/h1,3-5,10,12,17H,2,6-9,11H2. The first kappa shape index (κ1) is 14.8. The number of H-pyrrole nitrogens is 1. The minimum atomic E-state index is 0.0359. The Bertz CT molecular complexity index is 622. The van der Waals surface area contributed by atoms with E-state index in [0.29, 0.717) is 31.6 Å². The molecule has 1 fully saturated rings. The van der Waals surface area contributed by atoms with Gasteiger partial charge in [0.1, 0.15) is 0 Å². The topological polar surface area (TPSA) is 56.4 Å². The third kappa shape index (κ3) is 3.39. The number of thiophene rings is 1. The van der Waals surface area contributed by atoms with Crippen LogP contribution in [0.1, 0.15) is 21.7 Å². The van der Waals surface area contributed by atoms with Crippen LogP contribution in [0.25, 0.3) is 0 Å². The molecule has 0 saturated carbocycles. The van der Waals surface area contributed by atoms with Crippen LogP contribution in [-0.4, -0.2) is 52.8 Å². The highest BCUT2D eigenvalue weighted by Crippen LogP contribution is 2.13. The van der Waals surface area contributed by atoms with Gasteiger partial charge in [0.25, 0.3) is 5.91 Å². The smallest absolute Gasteiger partial charge is 0.255 e. The van der Waals surface area contributed by atoms with E-state index in [-0.39, 0.29) is 11.8 Å². The van der Waals surface area contributed by atoms with Gasteiger partial charge in [0, 0.05) is 43.4 Å². The molecule has 5 nitrogen and oxygen atoms in total. The molecule has 2 aromatic heterocycles. The van der Waals surface area contributed by atoms with Crippen molar-refractivity contribution >= 4 is 23.2 Å². The highest BCUT2D eigenvalue weighted by atomic mass is 32.1. The van der Waals surface area contributed by atoms with Crippen molar-refractivity contribution in [2.75, 3.05) is 26.2 Å². The third-order valence-corrected chi connectivity index (χ3v) is 4.76. The van der Waals surface area contributed by atoms with Crippen molar-refractivity contribution in [3.8, 4) is 0 Å². The number of hydrogen-bond donors (Lipinski definition) is 1. The number of aromatic nitrogens is 1. The van der Waals surface area contributed by atoms with Crippen LogP contribution in [0.3, 0.4) is 0 Å². The average molecular weight is 317 g/mol. The Hall–Kier alpha value is -2.08. The number of amides is 2. The molecule has 22 heavy (non-hydrogen) atoms. The number of nitrogens with one attached hydrogen (secondary N) is 1. The molecule has 3 rings (SSSR count). The fraction of sp³-hybridized carbons (Fsp3) is 0.375. The number of hydrogen-bond acceptors (Lipinski definition) is 3. The van der Waals surface area contributed by atoms with E-state index < -0.39 is 0 Å². The minimum absolute atomic E-state index is 0.0359. The molecular weight excluding hydrogens is 298 g/mol. The van der Waals surface area contributed by atoms with Crippen LogP contribution in [0.15, 0.2) is 36.0 Å². The van der Waals surface area contributed by atoms with Crippen LogP contribution < -0.4 is 0 Å². The highest BCUT2D eigenvalue weighted by Gasteiger charge is 2.23. The molecule has 3 heterocycles. The van der Waals surface area contributed by atoms with Crippen LogP contribution in [0.5, 0.6) is 0 Å². The van der Waals surface area contributed by atoms with Gasteiger partial charge < -0.3 is 14.8 Å². The van der Waals surface area contributed by atoms with Crippen LogP contribution in [0.4, 0.5) is 0 Å². The SMILES string of the molecule is O=C(Cc1cccs1)N1CCCN(C(=O)c2cc[nH]c2)CC1. The average Bonchev–Trinajstić information content (AvgIpc) is 3.16. The number of carbonyl (C=O) groups excluding carboxylic acids is 2. The summed E-state index contributed by atoms with van der Waals surface area (Å²) in [5.41, 5.74) is 0.679. The van der Waals surface area contributed by atoms with Crippen LogP contribution in [-0.2, 0) is 11.2 Å². The van der Waals surface area contributed by atoms with Crippen molar-refractivity contribution in [2.45, 2.75) is 12.8 Å². The fourth-order valence-electron chi connectivity index (χ4n) is 2.68. The molecule has 2 aromatic rings. The Morgan fingerprint density at radius 3 is 2.68 bits per heavy atom. The van der Waals surface area contributed by atoms with Gasteiger partial charge in [-0.05, 0) is 23.9 Å². The summed E-state index contributed by atoms with van der Waals surface area (Å²) in [7, 11) is 0. The molecule has 2 amide bonds. The van der Waals surface area contributed by atoms with E-state index in [1.807, 2.05) is 27.3 Å². The van der Waals surface area contributed by atoms with Crippen molar-refractivity contribution in [1.82, 2.24) is 14.8 Å². The van der Waals surface area contributed by atoms with E-state index in [4.69, 9.17) is 0 Å². The fourth-order valence-corrected chi connectivity index (χ4v) is 3.38. The number of aromatic amines is 1. The van der Waals surface area contributed by atoms with E-state index in [0.717, 1.165) is 17.8 Å². The Morgan fingerprint density at radius 2 is 1.95 bits per heavy atom. The van der Waals surface area contributed by atoms with E-state index in [2.05, 4.69) is 4.98 Å². The quantitative estimate of drug-likeness (QED) is 0.941. The predicted octanol–water partition coefficient (Wildman–Crippen LogP) is 1.99. The molecule has 0 aromatic carbocycles. The lowest BCUT2D eigenvalue weighted by Gasteiger charge is -2.21. The molecule has 1 aliphatic heterocycles. The van der Waals surface area contributed by atoms with E-state index in [1.165, 1.54) is 0 Å². The molecule has 116 valence electrons. The lowest BCUT2D eigenvalue weighted by molar-refractivity contribution is -0.130. The summed E-state index contributed by atoms with van der Waals surface area (Å²) >= 11 is 1.61. The summed E-state index contributed by atoms with van der Waals surface area (Å²) in [6, 6.07) is 5.74. The summed E-state index contributed by atoms with van der Waals surface area (Å²) in [6.07, 6.45) is 4.75. The van der Waals surface area contributed by atoms with Crippen LogP contribution in [0.2, 0.25) is 0 Å². The molecule has 0 bridgehead atoms. The zero-order valence-electron chi connectivity index (χ0n) is 12.3. The second-order valence-electron chi connectivity index (χ2n) is 5.38. The Labute approximate surface area is 133 Å². The van der Waals surface area contributed by atoms with Crippen molar-refractivity contribution in [3.05, 3.63) is 46.4 Å². The molecule has 0 spiro atoms. The minimum Gasteiger partial charge on any atom is -0.367 e. The van der Waals surface area contributed by atoms with E-state index >= 15 is 0 Å². The summed E-state index contributed by atoms with van der Waals surface area (Å²) in [5.74, 6) is 0.187.